The van der Waals surface area contributed by atoms with Gasteiger partial charge in [0, 0.05) is 6.04 Å². The molecule has 4 rings (SSSR count). The molecule has 0 unspecified atom stereocenters. The molecule has 0 aromatic heterocycles. The average Bonchev–Trinajstić information content (AvgIpc) is 3.10. The van der Waals surface area contributed by atoms with E-state index in [2.05, 4.69) is 5.32 Å². The van der Waals surface area contributed by atoms with E-state index in [0.717, 1.165) is 0 Å². The Morgan fingerprint density at radius 2 is 1.71 bits per heavy atom. The third-order valence-electron chi connectivity index (χ3n) is 5.47. The fourth-order valence-electron chi connectivity index (χ4n) is 4.15. The average molecular weight is 386 g/mol. The molecule has 1 aromatic rings. The Kier molecular flexibility index (Phi) is 3.99. The van der Waals surface area contributed by atoms with Crippen LogP contribution in [-0.2, 0) is 14.4 Å². The van der Waals surface area contributed by atoms with Crippen LogP contribution in [0.4, 0.5) is 4.79 Å². The zero-order chi connectivity index (χ0) is 20.3. The third kappa shape index (κ3) is 3.02. The van der Waals surface area contributed by atoms with Gasteiger partial charge in [-0.25, -0.2) is 9.59 Å². The minimum Gasteiger partial charge on any atom is -0.444 e. The lowest BCUT2D eigenvalue weighted by molar-refractivity contribution is -0.176. The minimum atomic E-state index is -0.755. The monoisotopic (exact) mass is 386 g/mol. The molecule has 3 amide bonds. The Hall–Kier alpha value is -2.90. The normalized spacial score (nSPS) is 27.9. The van der Waals surface area contributed by atoms with Gasteiger partial charge in [0.1, 0.15) is 5.60 Å². The Labute approximate surface area is 162 Å². The smallest absolute Gasteiger partial charge is 0.407 e. The second-order valence-corrected chi connectivity index (χ2v) is 8.67. The zero-order valence-corrected chi connectivity index (χ0v) is 16.0. The van der Waals surface area contributed by atoms with Crippen molar-refractivity contribution in [2.24, 2.45) is 11.3 Å². The van der Waals surface area contributed by atoms with Crippen molar-refractivity contribution in [2.75, 3.05) is 0 Å². The molecule has 1 aliphatic heterocycles. The number of benzene rings is 1. The molecule has 0 saturated heterocycles. The molecular formula is C20H22N2O6. The first kappa shape index (κ1) is 18.5. The number of ether oxygens (including phenoxy) is 1. The second kappa shape index (κ2) is 6.05. The number of fused-ring (bicyclic) bond motifs is 2. The number of hydrogen-bond acceptors (Lipinski definition) is 6. The summed E-state index contributed by atoms with van der Waals surface area (Å²) < 4.78 is 5.25. The van der Waals surface area contributed by atoms with Crippen LogP contribution in [0, 0.1) is 11.3 Å². The number of carbonyl (C=O) groups excluding carboxylic acids is 4. The number of alkyl carbamates (subject to hydrolysis) is 1. The van der Waals surface area contributed by atoms with Gasteiger partial charge in [0.2, 0.25) is 0 Å². The number of nitrogens with one attached hydrogen (secondary N) is 1. The largest absolute Gasteiger partial charge is 0.444 e. The van der Waals surface area contributed by atoms with E-state index in [1.165, 1.54) is 12.1 Å². The first-order chi connectivity index (χ1) is 13.1. The molecule has 1 heterocycles. The summed E-state index contributed by atoms with van der Waals surface area (Å²) in [4.78, 5) is 54.7. The molecule has 0 radical (unpaired) electrons. The van der Waals surface area contributed by atoms with E-state index < -0.39 is 34.9 Å². The first-order valence-electron chi connectivity index (χ1n) is 9.30. The van der Waals surface area contributed by atoms with Gasteiger partial charge in [-0.3, -0.25) is 9.59 Å². The molecule has 8 nitrogen and oxygen atoms in total. The number of imide groups is 1. The van der Waals surface area contributed by atoms with E-state index in [0.29, 0.717) is 24.3 Å². The third-order valence-corrected chi connectivity index (χ3v) is 5.47. The summed E-state index contributed by atoms with van der Waals surface area (Å²) in [7, 11) is 0. The highest BCUT2D eigenvalue weighted by Crippen LogP contribution is 2.64. The quantitative estimate of drug-likeness (QED) is 0.801. The number of hydrogen-bond donors (Lipinski definition) is 1. The summed E-state index contributed by atoms with van der Waals surface area (Å²) in [6, 6.07) is 6.14. The number of amides is 3. The Bertz CT molecular complexity index is 854. The summed E-state index contributed by atoms with van der Waals surface area (Å²) in [5.74, 6) is -1.80. The highest BCUT2D eigenvalue weighted by Gasteiger charge is 2.67. The molecule has 3 aliphatic rings. The van der Waals surface area contributed by atoms with Crippen molar-refractivity contribution in [3.05, 3.63) is 35.4 Å². The molecule has 2 fully saturated rings. The van der Waals surface area contributed by atoms with Crippen molar-refractivity contribution in [1.29, 1.82) is 0 Å². The van der Waals surface area contributed by atoms with Crippen molar-refractivity contribution in [3.63, 3.8) is 0 Å². The van der Waals surface area contributed by atoms with Gasteiger partial charge in [-0.15, -0.1) is 0 Å². The van der Waals surface area contributed by atoms with Crippen LogP contribution < -0.4 is 5.32 Å². The summed E-state index contributed by atoms with van der Waals surface area (Å²) in [5.41, 5.74) is -0.912. The van der Waals surface area contributed by atoms with Gasteiger partial charge in [0.05, 0.1) is 16.5 Å². The fraction of sp³-hybridized carbons (Fsp3) is 0.500. The second-order valence-electron chi connectivity index (χ2n) is 8.67. The van der Waals surface area contributed by atoms with Gasteiger partial charge in [-0.05, 0) is 58.1 Å². The lowest BCUT2D eigenvalue weighted by Crippen LogP contribution is -2.40. The van der Waals surface area contributed by atoms with Crippen LogP contribution in [0.2, 0.25) is 0 Å². The molecular weight excluding hydrogens is 364 g/mol. The molecule has 3 atom stereocenters. The molecule has 2 aliphatic carbocycles. The van der Waals surface area contributed by atoms with Crippen molar-refractivity contribution >= 4 is 23.9 Å². The summed E-state index contributed by atoms with van der Waals surface area (Å²) >= 11 is 0. The Morgan fingerprint density at radius 1 is 1.11 bits per heavy atom. The summed E-state index contributed by atoms with van der Waals surface area (Å²) in [5, 5.41) is 3.33. The van der Waals surface area contributed by atoms with Crippen LogP contribution in [0.15, 0.2) is 24.3 Å². The van der Waals surface area contributed by atoms with Crippen molar-refractivity contribution in [1.82, 2.24) is 10.4 Å². The molecule has 28 heavy (non-hydrogen) atoms. The maximum absolute atomic E-state index is 12.8. The van der Waals surface area contributed by atoms with Crippen LogP contribution in [-0.4, -0.2) is 40.6 Å². The van der Waals surface area contributed by atoms with Crippen molar-refractivity contribution < 1.29 is 28.8 Å². The van der Waals surface area contributed by atoms with Crippen LogP contribution in [0.3, 0.4) is 0 Å². The molecule has 1 N–H and O–H groups in total. The van der Waals surface area contributed by atoms with Crippen LogP contribution >= 0.6 is 0 Å². The lowest BCUT2D eigenvalue weighted by atomic mass is 10.0. The van der Waals surface area contributed by atoms with E-state index in [9.17, 15) is 19.2 Å². The van der Waals surface area contributed by atoms with E-state index in [-0.39, 0.29) is 23.1 Å². The van der Waals surface area contributed by atoms with E-state index >= 15 is 0 Å². The maximum atomic E-state index is 12.8. The Morgan fingerprint density at radius 3 is 2.29 bits per heavy atom. The van der Waals surface area contributed by atoms with Gasteiger partial charge in [0.25, 0.3) is 11.8 Å². The first-order valence-corrected chi connectivity index (χ1v) is 9.30. The van der Waals surface area contributed by atoms with Gasteiger partial charge < -0.3 is 14.9 Å². The molecule has 2 saturated carbocycles. The number of hydroxylamine groups is 2. The number of nitrogens with zero attached hydrogens (tertiary/aromatic N) is 1. The molecule has 8 heteroatoms. The topological polar surface area (TPSA) is 102 Å². The fourth-order valence-corrected chi connectivity index (χ4v) is 4.15. The molecule has 1 aromatic carbocycles. The minimum absolute atomic E-state index is 0.0649. The van der Waals surface area contributed by atoms with E-state index in [1.54, 1.807) is 32.9 Å². The number of rotatable bonds is 3. The van der Waals surface area contributed by atoms with Crippen molar-refractivity contribution in [3.8, 4) is 0 Å². The highest BCUT2D eigenvalue weighted by molar-refractivity contribution is 6.21. The van der Waals surface area contributed by atoms with Gasteiger partial charge in [-0.1, -0.05) is 17.2 Å². The molecule has 0 spiro atoms. The molecule has 0 bridgehead atoms. The van der Waals surface area contributed by atoms with Crippen LogP contribution in [0.25, 0.3) is 0 Å². The predicted molar refractivity (Wildman–Crippen MR) is 96.0 cm³/mol. The number of carbonyl (C=O) groups is 4. The van der Waals surface area contributed by atoms with E-state index in [1.807, 2.05) is 0 Å². The summed E-state index contributed by atoms with van der Waals surface area (Å²) in [6.07, 6.45) is 1.14. The van der Waals surface area contributed by atoms with Gasteiger partial charge in [-0.2, -0.15) is 0 Å². The maximum Gasteiger partial charge on any atom is 0.407 e. The van der Waals surface area contributed by atoms with Crippen LogP contribution in [0.5, 0.6) is 0 Å². The zero-order valence-electron chi connectivity index (χ0n) is 16.0. The van der Waals surface area contributed by atoms with Gasteiger partial charge in [0.15, 0.2) is 0 Å². The van der Waals surface area contributed by atoms with E-state index in [4.69, 9.17) is 9.57 Å². The van der Waals surface area contributed by atoms with Gasteiger partial charge >= 0.3 is 12.1 Å². The standard InChI is InChI=1S/C20H22N2O6/c1-19(2,3)27-18(26)21-12-8-11-9-20(11,10-12)17(25)28-22-15(23)13-6-4-5-7-14(13)16(22)24/h4-7,11-12H,8-10H2,1-3H3,(H,21,26)/t11-,12+,20+/m0/s1. The lowest BCUT2D eigenvalue weighted by Gasteiger charge is -2.23. The Balaban J connectivity index is 1.39. The SMILES string of the molecule is CC(C)(C)OC(=O)N[C@@H]1C[C@H]2C[C@@]2(C(=O)ON2C(=O)c3ccccc3C2=O)C1. The summed E-state index contributed by atoms with van der Waals surface area (Å²) in [6.45, 7) is 5.33. The molecule has 148 valence electrons. The van der Waals surface area contributed by atoms with Crippen LogP contribution in [0.1, 0.15) is 60.7 Å². The predicted octanol–water partition coefficient (Wildman–Crippen LogP) is 2.43. The van der Waals surface area contributed by atoms with Crippen molar-refractivity contribution in [2.45, 2.75) is 51.7 Å². The highest BCUT2D eigenvalue weighted by atomic mass is 16.7.